The van der Waals surface area contributed by atoms with E-state index in [0.29, 0.717) is 24.0 Å². The maximum Gasteiger partial charge on any atom is 2.00 e. The number of benzene rings is 2. The van der Waals surface area contributed by atoms with Crippen molar-refractivity contribution in [1.82, 2.24) is 0 Å². The number of rotatable bonds is 12. The molecule has 9 heteroatoms. The van der Waals surface area contributed by atoms with Crippen LogP contribution in [0, 0.1) is 0 Å². The summed E-state index contributed by atoms with van der Waals surface area (Å²) in [5, 5.41) is 0. The zero-order valence-electron chi connectivity index (χ0n) is 19.7. The molecule has 0 fully saturated rings. The van der Waals surface area contributed by atoms with Gasteiger partial charge in [-0.25, -0.2) is 16.8 Å². The summed E-state index contributed by atoms with van der Waals surface area (Å²) in [7, 11) is -8.65. The summed E-state index contributed by atoms with van der Waals surface area (Å²) in [5.74, 6) is 0. The molecule has 0 N–H and O–H groups in total. The van der Waals surface area contributed by atoms with E-state index in [-0.39, 0.29) is 47.5 Å². The molecule has 0 unspecified atom stereocenters. The van der Waals surface area contributed by atoms with Crippen molar-refractivity contribution in [2.24, 2.45) is 0 Å². The Kier molecular flexibility index (Phi) is 16.8. The average molecular weight is 523 g/mol. The van der Waals surface area contributed by atoms with Crippen LogP contribution in [0.25, 0.3) is 0 Å². The molecule has 0 radical (unpaired) electrons. The molecule has 0 bridgehead atoms. The third kappa shape index (κ3) is 13.3. The summed E-state index contributed by atoms with van der Waals surface area (Å²) in [6, 6.07) is 12.9. The Morgan fingerprint density at radius 2 is 0.909 bits per heavy atom. The molecule has 0 aliphatic heterocycles. The second-order valence-corrected chi connectivity index (χ2v) is 10.4. The van der Waals surface area contributed by atoms with Crippen molar-refractivity contribution in [3.63, 3.8) is 0 Å². The van der Waals surface area contributed by atoms with Gasteiger partial charge in [0, 0.05) is 0 Å². The quantitative estimate of drug-likeness (QED) is 0.219. The van der Waals surface area contributed by atoms with Gasteiger partial charge in [-0.1, -0.05) is 88.8 Å². The van der Waals surface area contributed by atoms with E-state index in [2.05, 4.69) is 13.8 Å². The van der Waals surface area contributed by atoms with Crippen molar-refractivity contribution in [3.8, 4) is 0 Å². The summed E-state index contributed by atoms with van der Waals surface area (Å²) < 4.78 is 65.9. The maximum atomic E-state index is 11.0. The Balaban J connectivity index is 0.000000602. The van der Waals surface area contributed by atoms with Gasteiger partial charge in [0.25, 0.3) is 0 Å². The second-order valence-electron chi connectivity index (χ2n) is 7.75. The molecule has 180 valence electrons. The van der Waals surface area contributed by atoms with Crippen LogP contribution in [0.5, 0.6) is 0 Å². The first-order chi connectivity index (χ1) is 15.1. The summed E-state index contributed by atoms with van der Waals surface area (Å²) in [6.45, 7) is 4.24. The molecule has 0 aliphatic carbocycles. The van der Waals surface area contributed by atoms with Gasteiger partial charge in [0.2, 0.25) is 0 Å². The molecule has 0 heterocycles. The zero-order valence-corrected chi connectivity index (χ0v) is 23.5. The van der Waals surface area contributed by atoms with E-state index in [9.17, 15) is 25.9 Å². The molecule has 0 saturated heterocycles. The van der Waals surface area contributed by atoms with Crippen LogP contribution in [-0.2, 0) is 33.1 Å². The Labute approximate surface area is 229 Å². The summed E-state index contributed by atoms with van der Waals surface area (Å²) in [5.41, 5.74) is 1.29. The van der Waals surface area contributed by atoms with Gasteiger partial charge in [-0.3, -0.25) is 0 Å². The molecule has 0 amide bonds. The van der Waals surface area contributed by atoms with Gasteiger partial charge < -0.3 is 9.11 Å². The second kappa shape index (κ2) is 17.0. The van der Waals surface area contributed by atoms with Crippen molar-refractivity contribution in [3.05, 3.63) is 59.7 Å². The van der Waals surface area contributed by atoms with E-state index in [1.54, 1.807) is 36.4 Å². The van der Waals surface area contributed by atoms with Crippen LogP contribution in [0.3, 0.4) is 0 Å². The largest absolute Gasteiger partial charge is 2.00 e. The van der Waals surface area contributed by atoms with Crippen LogP contribution < -0.4 is 0 Å². The Bertz CT molecular complexity index is 937. The monoisotopic (exact) mass is 522 g/mol. The number of unbranched alkanes of at least 4 members (excludes halogenated alkanes) is 6. The van der Waals surface area contributed by atoms with E-state index in [4.69, 9.17) is 0 Å². The molecular weight excluding hydrogens is 488 g/mol. The first-order valence-electron chi connectivity index (χ1n) is 11.2. The minimum atomic E-state index is -4.33. The van der Waals surface area contributed by atoms with Gasteiger partial charge in [0.15, 0.2) is 0 Å². The molecule has 0 aliphatic rings. The standard InChI is InChI=1S/2C12H18O3S.Ca/c2*1-2-3-4-5-8-11-9-6-7-10-12(11)16(13,14)15;/h2*6-7,9-10H,2-5,8H2,1H3,(H,13,14,15);/q;;+2/p-2. The predicted octanol–water partition coefficient (Wildman–Crippen LogP) is 5.05. The fraction of sp³-hybridized carbons (Fsp3) is 0.500. The van der Waals surface area contributed by atoms with Crippen LogP contribution in [0.1, 0.15) is 76.3 Å². The van der Waals surface area contributed by atoms with E-state index in [1.165, 1.54) is 12.1 Å². The topological polar surface area (TPSA) is 114 Å². The first-order valence-corrected chi connectivity index (χ1v) is 14.0. The molecule has 2 aromatic carbocycles. The maximum absolute atomic E-state index is 11.0. The Morgan fingerprint density at radius 3 is 1.21 bits per heavy atom. The van der Waals surface area contributed by atoms with Crippen LogP contribution in [0.15, 0.2) is 58.3 Å². The normalized spacial score (nSPS) is 11.3. The van der Waals surface area contributed by atoms with Crippen molar-refractivity contribution < 1.29 is 25.9 Å². The van der Waals surface area contributed by atoms with Crippen molar-refractivity contribution in [2.75, 3.05) is 0 Å². The van der Waals surface area contributed by atoms with E-state index in [1.807, 2.05) is 0 Å². The molecule has 2 rings (SSSR count). The summed E-state index contributed by atoms with van der Waals surface area (Å²) >= 11 is 0. The molecule has 0 aromatic heterocycles. The van der Waals surface area contributed by atoms with E-state index < -0.39 is 20.2 Å². The van der Waals surface area contributed by atoms with Crippen molar-refractivity contribution in [1.29, 1.82) is 0 Å². The third-order valence-corrected chi connectivity index (χ3v) is 6.96. The van der Waals surface area contributed by atoms with Gasteiger partial charge in [0.05, 0.1) is 9.79 Å². The third-order valence-electron chi connectivity index (χ3n) is 5.08. The summed E-state index contributed by atoms with van der Waals surface area (Å²) in [4.78, 5) is -0.127. The van der Waals surface area contributed by atoms with Crippen LogP contribution in [0.4, 0.5) is 0 Å². The smallest absolute Gasteiger partial charge is 0.744 e. The molecular formula is C24H34CaO6S2. The fourth-order valence-corrected chi connectivity index (χ4v) is 4.87. The molecule has 2 aromatic rings. The molecule has 6 nitrogen and oxygen atoms in total. The van der Waals surface area contributed by atoms with Crippen LogP contribution in [-0.4, -0.2) is 63.7 Å². The van der Waals surface area contributed by atoms with E-state index >= 15 is 0 Å². The molecule has 0 atom stereocenters. The van der Waals surface area contributed by atoms with Gasteiger partial charge >= 0.3 is 37.7 Å². The number of aryl methyl sites for hydroxylation is 2. The fourth-order valence-electron chi connectivity index (χ4n) is 3.39. The minimum absolute atomic E-state index is 0. The molecule has 33 heavy (non-hydrogen) atoms. The van der Waals surface area contributed by atoms with Crippen molar-refractivity contribution >= 4 is 58.0 Å². The SMILES string of the molecule is CCCCCCc1ccccc1S(=O)(=O)[O-].CCCCCCc1ccccc1S(=O)(=O)[O-].[Ca+2]. The van der Waals surface area contributed by atoms with E-state index in [0.717, 1.165) is 51.4 Å². The van der Waals surface area contributed by atoms with Gasteiger partial charge in [-0.15, -0.1) is 0 Å². The average Bonchev–Trinajstić information content (AvgIpc) is 2.74. The van der Waals surface area contributed by atoms with Gasteiger partial charge in [-0.2, -0.15) is 0 Å². The number of hydrogen-bond acceptors (Lipinski definition) is 6. The predicted molar refractivity (Wildman–Crippen MR) is 130 cm³/mol. The van der Waals surface area contributed by atoms with Gasteiger partial charge in [0.1, 0.15) is 20.2 Å². The minimum Gasteiger partial charge on any atom is -0.744 e. The zero-order chi connectivity index (χ0) is 24.0. The number of hydrogen-bond donors (Lipinski definition) is 0. The Morgan fingerprint density at radius 1 is 0.576 bits per heavy atom. The van der Waals surface area contributed by atoms with Crippen LogP contribution in [0.2, 0.25) is 0 Å². The molecule has 0 saturated carbocycles. The summed E-state index contributed by atoms with van der Waals surface area (Å²) in [6.07, 6.45) is 9.91. The Hall–Kier alpha value is -0.480. The molecule has 0 spiro atoms. The van der Waals surface area contributed by atoms with Gasteiger partial charge in [-0.05, 0) is 48.9 Å². The van der Waals surface area contributed by atoms with Crippen molar-refractivity contribution in [2.45, 2.75) is 87.8 Å². The van der Waals surface area contributed by atoms with Crippen LogP contribution >= 0.6 is 0 Å². The first kappa shape index (κ1) is 32.5.